The van der Waals surface area contributed by atoms with Crippen molar-refractivity contribution in [2.45, 2.75) is 19.8 Å². The summed E-state index contributed by atoms with van der Waals surface area (Å²) in [5, 5.41) is 8.49. The van der Waals surface area contributed by atoms with Crippen molar-refractivity contribution in [2.24, 2.45) is 5.50 Å². The van der Waals surface area contributed by atoms with Crippen molar-refractivity contribution in [2.75, 3.05) is 13.2 Å². The molecular formula is C6H18N4OPS+. The second-order valence-electron chi connectivity index (χ2n) is 2.60. The zero-order chi connectivity index (χ0) is 10.2. The Bertz CT molecular complexity index is 147. The van der Waals surface area contributed by atoms with E-state index in [9.17, 15) is 4.79 Å². The quantitative estimate of drug-likeness (QED) is 0.135. The van der Waals surface area contributed by atoms with Gasteiger partial charge in [0.25, 0.3) is 6.92 Å². The molecule has 0 aliphatic carbocycles. The summed E-state index contributed by atoms with van der Waals surface area (Å²) in [6.45, 7) is 1.27. The summed E-state index contributed by atoms with van der Waals surface area (Å²) in [5.74, 6) is 0. The maximum Gasteiger partial charge on any atom is 0.279 e. The fraction of sp³-hybridized carbons (Fsp3) is 0.833. The normalized spacial score (nSPS) is 15.0. The molecule has 0 aliphatic heterocycles. The van der Waals surface area contributed by atoms with Crippen LogP contribution in [0.3, 0.4) is 0 Å². The van der Waals surface area contributed by atoms with Gasteiger partial charge in [0, 0.05) is 6.54 Å². The van der Waals surface area contributed by atoms with Gasteiger partial charge in [0.2, 0.25) is 6.41 Å². The lowest BCUT2D eigenvalue weighted by Crippen LogP contribution is -2.36. The van der Waals surface area contributed by atoms with Crippen LogP contribution in [0.1, 0.15) is 19.8 Å². The second-order valence-corrected chi connectivity index (χ2v) is 6.50. The molecule has 0 rings (SSSR count). The first-order valence-corrected chi connectivity index (χ1v) is 7.21. The lowest BCUT2D eigenvalue weighted by atomic mass is 10.3. The predicted molar refractivity (Wildman–Crippen MR) is 60.2 cm³/mol. The highest BCUT2D eigenvalue weighted by Gasteiger charge is 2.26. The van der Waals surface area contributed by atoms with Crippen molar-refractivity contribution in [1.29, 1.82) is 0 Å². The molecule has 78 valence electrons. The van der Waals surface area contributed by atoms with Crippen LogP contribution in [0.15, 0.2) is 0 Å². The van der Waals surface area contributed by atoms with Crippen LogP contribution in [-0.4, -0.2) is 19.6 Å². The predicted octanol–water partition coefficient (Wildman–Crippen LogP) is 0.235. The molecule has 0 bridgehead atoms. The summed E-state index contributed by atoms with van der Waals surface area (Å²) >= 11 is 4.24. The molecule has 13 heavy (non-hydrogen) atoms. The highest BCUT2D eigenvalue weighted by atomic mass is 32.7. The van der Waals surface area contributed by atoms with Gasteiger partial charge in [-0.05, 0) is 6.42 Å². The van der Waals surface area contributed by atoms with Gasteiger partial charge in [-0.3, -0.25) is 4.79 Å². The summed E-state index contributed by atoms with van der Waals surface area (Å²) in [6, 6.07) is 0. The Balaban J connectivity index is 3.47. The van der Waals surface area contributed by atoms with Gasteiger partial charge < -0.3 is 5.32 Å². The number of nitrogens with one attached hydrogen (secondary N) is 3. The van der Waals surface area contributed by atoms with Crippen LogP contribution in [0, 0.1) is 0 Å². The van der Waals surface area contributed by atoms with Gasteiger partial charge in [-0.25, -0.2) is 0 Å². The molecule has 0 radical (unpaired) electrons. The van der Waals surface area contributed by atoms with E-state index in [1.807, 2.05) is 0 Å². The van der Waals surface area contributed by atoms with E-state index in [4.69, 9.17) is 5.50 Å². The average Bonchev–Trinajstić information content (AvgIpc) is 2.05. The van der Waals surface area contributed by atoms with Crippen molar-refractivity contribution in [3.8, 4) is 0 Å². The van der Waals surface area contributed by atoms with Crippen LogP contribution in [0.5, 0.6) is 0 Å². The van der Waals surface area contributed by atoms with E-state index < -0.39 is 6.92 Å². The van der Waals surface area contributed by atoms with Gasteiger partial charge in [-0.15, -0.1) is 5.09 Å². The van der Waals surface area contributed by atoms with Gasteiger partial charge >= 0.3 is 0 Å². The van der Waals surface area contributed by atoms with E-state index in [2.05, 4.69) is 34.7 Å². The van der Waals surface area contributed by atoms with Crippen LogP contribution in [0.4, 0.5) is 0 Å². The minimum Gasteiger partial charge on any atom is -0.343 e. The zero-order valence-electron chi connectivity index (χ0n) is 7.79. The molecule has 0 fully saturated rings. The highest BCUT2D eigenvalue weighted by Crippen LogP contribution is 2.45. The van der Waals surface area contributed by atoms with E-state index in [1.54, 1.807) is 0 Å². The van der Waals surface area contributed by atoms with Gasteiger partial charge in [-0.2, -0.15) is 10.6 Å². The Hall–Kier alpha value is 0.130. The molecule has 1 unspecified atom stereocenters. The number of carbonyl (C=O) groups excluding carboxylic acids is 1. The number of hydrogen-bond acceptors (Lipinski definition) is 5. The number of amides is 1. The van der Waals surface area contributed by atoms with Gasteiger partial charge in [0.1, 0.15) is 6.67 Å². The molecule has 0 aromatic carbocycles. The summed E-state index contributed by atoms with van der Waals surface area (Å²) in [5.41, 5.74) is 5.80. The molecule has 0 aromatic heterocycles. The van der Waals surface area contributed by atoms with E-state index in [0.717, 1.165) is 19.4 Å². The molecule has 5 nitrogen and oxygen atoms in total. The molecule has 5 N–H and O–H groups in total. The highest BCUT2D eigenvalue weighted by molar-refractivity contribution is 8.50. The van der Waals surface area contributed by atoms with E-state index in [1.165, 1.54) is 0 Å². The number of thiol groups is 1. The number of unbranched alkanes of at least 4 members (excludes halogenated alkanes) is 1. The zero-order valence-corrected chi connectivity index (χ0v) is 9.57. The Morgan fingerprint density at radius 1 is 1.54 bits per heavy atom. The van der Waals surface area contributed by atoms with Gasteiger partial charge in [-0.1, -0.05) is 13.3 Å². The maximum absolute atomic E-state index is 9.93. The molecule has 0 aliphatic rings. The topological polar surface area (TPSA) is 79.2 Å². The number of carbonyl (C=O) groups is 1. The fourth-order valence-corrected chi connectivity index (χ4v) is 2.15. The van der Waals surface area contributed by atoms with Gasteiger partial charge in [0.05, 0.1) is 12.2 Å². The van der Waals surface area contributed by atoms with Crippen LogP contribution < -0.4 is 21.0 Å². The molecule has 0 aromatic rings. The summed E-state index contributed by atoms with van der Waals surface area (Å²) in [7, 11) is 0. The van der Waals surface area contributed by atoms with Crippen LogP contribution in [-0.2, 0) is 4.79 Å². The first kappa shape index (κ1) is 13.1. The van der Waals surface area contributed by atoms with Crippen molar-refractivity contribution in [3.05, 3.63) is 0 Å². The average molecular weight is 225 g/mol. The molecule has 0 saturated carbocycles. The number of nitrogens with two attached hydrogens (primary N) is 1. The smallest absolute Gasteiger partial charge is 0.279 e. The van der Waals surface area contributed by atoms with E-state index in [-0.39, 0.29) is 0 Å². The molecule has 0 spiro atoms. The monoisotopic (exact) mass is 225 g/mol. The molecule has 1 amide bonds. The molecule has 1 atom stereocenters. The third-order valence-electron chi connectivity index (χ3n) is 1.39. The second kappa shape index (κ2) is 7.53. The molecule has 0 saturated heterocycles. The molecule has 7 heteroatoms. The third-order valence-corrected chi connectivity index (χ3v) is 3.58. The van der Waals surface area contributed by atoms with E-state index >= 15 is 0 Å². The Labute approximate surface area is 84.9 Å². The lowest BCUT2D eigenvalue weighted by Gasteiger charge is -2.15. The standard InChI is InChI=1S/C6H17N4OPS/c1-2-3-4-9-12(7,13)10-5-8-6-11/h6,9-10,13H,2-5,7H2,1H3/p+1. The van der Waals surface area contributed by atoms with Gasteiger partial charge in [0.15, 0.2) is 0 Å². The summed E-state index contributed by atoms with van der Waals surface area (Å²) in [6.07, 6.45) is 2.81. The Morgan fingerprint density at radius 3 is 2.77 bits per heavy atom. The van der Waals surface area contributed by atoms with Crippen LogP contribution in [0.2, 0.25) is 0 Å². The summed E-state index contributed by atoms with van der Waals surface area (Å²) in [4.78, 5) is 9.93. The van der Waals surface area contributed by atoms with Crippen molar-refractivity contribution < 1.29 is 4.79 Å². The first-order chi connectivity index (χ1) is 6.12. The third kappa shape index (κ3) is 8.46. The number of rotatable bonds is 8. The SMILES string of the molecule is CCCCN[P+](N)(S)NCNC=O. The van der Waals surface area contributed by atoms with Crippen molar-refractivity contribution in [1.82, 2.24) is 15.5 Å². The van der Waals surface area contributed by atoms with Crippen molar-refractivity contribution >= 4 is 25.6 Å². The Kier molecular flexibility index (Phi) is 7.60. The molecule has 0 heterocycles. The minimum atomic E-state index is -2.03. The Morgan fingerprint density at radius 2 is 2.23 bits per heavy atom. The van der Waals surface area contributed by atoms with Crippen LogP contribution >= 0.6 is 19.2 Å². The summed E-state index contributed by atoms with van der Waals surface area (Å²) < 4.78 is 0. The van der Waals surface area contributed by atoms with E-state index in [0.29, 0.717) is 13.1 Å². The van der Waals surface area contributed by atoms with Crippen LogP contribution in [0.25, 0.3) is 0 Å². The largest absolute Gasteiger partial charge is 0.343 e. The lowest BCUT2D eigenvalue weighted by molar-refractivity contribution is -0.109. The fourth-order valence-electron chi connectivity index (χ4n) is 0.690. The minimum absolute atomic E-state index is 0.344. The first-order valence-electron chi connectivity index (χ1n) is 4.20. The molecular weight excluding hydrogens is 207 g/mol. The van der Waals surface area contributed by atoms with Crippen molar-refractivity contribution in [3.63, 3.8) is 0 Å². The maximum atomic E-state index is 9.93. The number of hydrogen-bond donors (Lipinski definition) is 5.